The van der Waals surface area contributed by atoms with Gasteiger partial charge in [-0.05, 0) is 54.1 Å². The largest absolute Gasteiger partial charge is 0.507 e. The zero-order valence-corrected chi connectivity index (χ0v) is 18.5. The summed E-state index contributed by atoms with van der Waals surface area (Å²) in [5.74, 6) is -0.862. The lowest BCUT2D eigenvalue weighted by molar-refractivity contribution is -0.132. The van der Waals surface area contributed by atoms with Crippen LogP contribution in [0.15, 0.2) is 95.6 Å². The molecule has 160 valence electrons. The van der Waals surface area contributed by atoms with Gasteiger partial charge in [-0.3, -0.25) is 14.5 Å². The van der Waals surface area contributed by atoms with Gasteiger partial charge in [0.15, 0.2) is 0 Å². The third-order valence-electron chi connectivity index (χ3n) is 5.00. The molecule has 2 aromatic carbocycles. The topological polar surface area (TPSA) is 79.7 Å². The van der Waals surface area contributed by atoms with Gasteiger partial charge in [0.1, 0.15) is 23.9 Å². The Bertz CT molecular complexity index is 1210. The molecule has 3 aromatic rings. The third kappa shape index (κ3) is 4.07. The number of aromatic nitrogens is 1. The van der Waals surface area contributed by atoms with Crippen LogP contribution >= 0.6 is 15.9 Å². The van der Waals surface area contributed by atoms with Crippen molar-refractivity contribution < 1.29 is 19.4 Å². The molecule has 1 unspecified atom stereocenters. The highest BCUT2D eigenvalue weighted by Crippen LogP contribution is 2.42. The minimum Gasteiger partial charge on any atom is -0.507 e. The van der Waals surface area contributed by atoms with Crippen molar-refractivity contribution in [2.24, 2.45) is 0 Å². The fourth-order valence-electron chi connectivity index (χ4n) is 3.58. The fraction of sp³-hybridized carbons (Fsp3) is 0.0800. The number of carbonyl (C=O) groups is 2. The van der Waals surface area contributed by atoms with Crippen LogP contribution in [0, 0.1) is 0 Å². The number of hydrogen-bond acceptors (Lipinski definition) is 5. The van der Waals surface area contributed by atoms with E-state index in [1.165, 1.54) is 4.90 Å². The molecular formula is C25H19BrN2O4. The number of amides is 1. The van der Waals surface area contributed by atoms with Crippen LogP contribution in [-0.4, -0.2) is 28.4 Å². The summed E-state index contributed by atoms with van der Waals surface area (Å²) < 4.78 is 6.26. The van der Waals surface area contributed by atoms with E-state index in [1.807, 2.05) is 18.2 Å². The highest BCUT2D eigenvalue weighted by atomic mass is 79.9. The summed E-state index contributed by atoms with van der Waals surface area (Å²) in [6.45, 7) is 3.96. The summed E-state index contributed by atoms with van der Waals surface area (Å²) in [6.07, 6.45) is 3.18. The van der Waals surface area contributed by atoms with Crippen LogP contribution in [-0.2, 0) is 9.59 Å². The number of nitrogens with zero attached hydrogens (tertiary/aromatic N) is 2. The summed E-state index contributed by atoms with van der Waals surface area (Å²) in [4.78, 5) is 31.7. The molecule has 1 N–H and O–H groups in total. The van der Waals surface area contributed by atoms with Crippen LogP contribution in [0.5, 0.6) is 5.75 Å². The summed E-state index contributed by atoms with van der Waals surface area (Å²) >= 11 is 3.44. The van der Waals surface area contributed by atoms with E-state index in [-0.39, 0.29) is 11.3 Å². The summed E-state index contributed by atoms with van der Waals surface area (Å²) in [7, 11) is 0. The maximum atomic E-state index is 13.1. The average molecular weight is 491 g/mol. The van der Waals surface area contributed by atoms with Crippen LogP contribution in [0.2, 0.25) is 0 Å². The Balaban J connectivity index is 1.85. The average Bonchev–Trinajstić information content (AvgIpc) is 3.08. The highest BCUT2D eigenvalue weighted by molar-refractivity contribution is 9.10. The molecule has 1 fully saturated rings. The first-order valence-corrected chi connectivity index (χ1v) is 10.6. The number of rotatable bonds is 6. The molecule has 32 heavy (non-hydrogen) atoms. The quantitative estimate of drug-likeness (QED) is 0.226. The van der Waals surface area contributed by atoms with Crippen molar-refractivity contribution in [2.45, 2.75) is 6.04 Å². The number of aliphatic hydroxyl groups is 1. The minimum atomic E-state index is -0.834. The van der Waals surface area contributed by atoms with Gasteiger partial charge in [-0.25, -0.2) is 4.98 Å². The lowest BCUT2D eigenvalue weighted by Crippen LogP contribution is -2.30. The van der Waals surface area contributed by atoms with Crippen molar-refractivity contribution in [3.05, 3.63) is 107 Å². The molecule has 1 aliphatic rings. The van der Waals surface area contributed by atoms with Crippen molar-refractivity contribution in [2.75, 3.05) is 11.5 Å². The number of ketones is 1. The second-order valence-corrected chi connectivity index (χ2v) is 7.95. The van der Waals surface area contributed by atoms with Crippen LogP contribution in [0.4, 0.5) is 5.82 Å². The van der Waals surface area contributed by atoms with Gasteiger partial charge < -0.3 is 9.84 Å². The normalized spacial score (nSPS) is 17.4. The Labute approximate surface area is 193 Å². The second kappa shape index (κ2) is 9.20. The number of aliphatic hydroxyl groups excluding tert-OH is 1. The molecule has 7 heteroatoms. The highest BCUT2D eigenvalue weighted by Gasteiger charge is 2.47. The van der Waals surface area contributed by atoms with Crippen molar-refractivity contribution in [1.29, 1.82) is 0 Å². The van der Waals surface area contributed by atoms with Crippen LogP contribution in [0.3, 0.4) is 0 Å². The molecule has 1 aliphatic heterocycles. The molecule has 0 bridgehead atoms. The smallest absolute Gasteiger partial charge is 0.301 e. The second-order valence-electron chi connectivity index (χ2n) is 7.04. The Morgan fingerprint density at radius 1 is 1.12 bits per heavy atom. The van der Waals surface area contributed by atoms with E-state index >= 15 is 0 Å². The van der Waals surface area contributed by atoms with E-state index in [0.717, 1.165) is 4.47 Å². The van der Waals surface area contributed by atoms with Crippen molar-refractivity contribution in [1.82, 2.24) is 4.98 Å². The van der Waals surface area contributed by atoms with E-state index in [9.17, 15) is 14.7 Å². The number of hydrogen-bond donors (Lipinski definition) is 1. The van der Waals surface area contributed by atoms with Gasteiger partial charge in [0.05, 0.1) is 11.6 Å². The monoisotopic (exact) mass is 490 g/mol. The zero-order chi connectivity index (χ0) is 22.7. The molecule has 2 heterocycles. The first kappa shape index (κ1) is 21.5. The van der Waals surface area contributed by atoms with Crippen molar-refractivity contribution in [3.8, 4) is 5.75 Å². The molecule has 1 aromatic heterocycles. The fourth-order valence-corrected chi connectivity index (χ4v) is 3.99. The van der Waals surface area contributed by atoms with Crippen molar-refractivity contribution >= 4 is 39.2 Å². The zero-order valence-electron chi connectivity index (χ0n) is 16.9. The van der Waals surface area contributed by atoms with Crippen LogP contribution in [0.25, 0.3) is 5.76 Å². The molecule has 1 saturated heterocycles. The van der Waals surface area contributed by atoms with Gasteiger partial charge in [0, 0.05) is 16.2 Å². The van der Waals surface area contributed by atoms with Crippen LogP contribution < -0.4 is 9.64 Å². The Morgan fingerprint density at radius 3 is 2.56 bits per heavy atom. The molecule has 1 atom stereocenters. The van der Waals surface area contributed by atoms with Gasteiger partial charge in [-0.1, -0.05) is 46.8 Å². The minimum absolute atomic E-state index is 0.00138. The number of pyridine rings is 1. The number of ether oxygens (including phenoxy) is 1. The van der Waals surface area contributed by atoms with Crippen molar-refractivity contribution in [3.63, 3.8) is 0 Å². The lowest BCUT2D eigenvalue weighted by atomic mass is 9.95. The van der Waals surface area contributed by atoms with Gasteiger partial charge >= 0.3 is 5.91 Å². The number of Topliss-reactive ketones (excluding diaryl/α,β-unsaturated/α-hetero) is 1. The van der Waals surface area contributed by atoms with Gasteiger partial charge in [0.25, 0.3) is 5.78 Å². The SMILES string of the molecule is C=CCOc1ccc(/C(O)=C2\C(=O)C(=O)N(c3ccccn3)C2c2cccc(Br)c2)cc1. The van der Waals surface area contributed by atoms with E-state index in [4.69, 9.17) is 4.74 Å². The van der Waals surface area contributed by atoms with E-state index in [0.29, 0.717) is 29.3 Å². The molecule has 0 spiro atoms. The predicted octanol–water partition coefficient (Wildman–Crippen LogP) is 5.04. The van der Waals surface area contributed by atoms with Gasteiger partial charge in [-0.15, -0.1) is 0 Å². The van der Waals surface area contributed by atoms with Gasteiger partial charge in [-0.2, -0.15) is 0 Å². The summed E-state index contributed by atoms with van der Waals surface area (Å²) in [5, 5.41) is 11.1. The molecule has 0 aliphatic carbocycles. The molecular weight excluding hydrogens is 472 g/mol. The summed E-state index contributed by atoms with van der Waals surface area (Å²) in [5.41, 5.74) is 1.06. The standard InChI is InChI=1S/C25H19BrN2O4/c1-2-14-32-19-11-9-16(10-12-19)23(29)21-22(17-6-5-7-18(26)15-17)28(25(31)24(21)30)20-8-3-4-13-27-20/h2-13,15,22,29H,1,14H2/b23-21+. The lowest BCUT2D eigenvalue weighted by Gasteiger charge is -2.24. The molecule has 1 amide bonds. The Hall–Kier alpha value is -3.71. The first-order valence-electron chi connectivity index (χ1n) is 9.83. The third-order valence-corrected chi connectivity index (χ3v) is 5.49. The number of halogens is 1. The molecule has 6 nitrogen and oxygen atoms in total. The van der Waals surface area contributed by atoms with E-state index in [1.54, 1.807) is 60.8 Å². The van der Waals surface area contributed by atoms with E-state index < -0.39 is 17.7 Å². The molecule has 4 rings (SSSR count). The maximum absolute atomic E-state index is 13.1. The molecule has 0 radical (unpaired) electrons. The molecule has 0 saturated carbocycles. The Kier molecular flexibility index (Phi) is 6.18. The number of anilines is 1. The van der Waals surface area contributed by atoms with Gasteiger partial charge in [0.2, 0.25) is 0 Å². The maximum Gasteiger partial charge on any atom is 0.301 e. The summed E-state index contributed by atoms with van der Waals surface area (Å²) in [6, 6.07) is 18.2. The number of carbonyl (C=O) groups excluding carboxylic acids is 2. The van der Waals surface area contributed by atoms with E-state index in [2.05, 4.69) is 27.5 Å². The Morgan fingerprint density at radius 2 is 1.91 bits per heavy atom. The van der Waals surface area contributed by atoms with Crippen LogP contribution in [0.1, 0.15) is 17.2 Å². The predicted molar refractivity (Wildman–Crippen MR) is 125 cm³/mol. The number of benzene rings is 2. The first-order chi connectivity index (χ1) is 15.5.